The molecule has 9 heteroatoms. The summed E-state index contributed by atoms with van der Waals surface area (Å²) in [5, 5.41) is 8.32. The molecule has 6 nitrogen and oxygen atoms in total. The van der Waals surface area contributed by atoms with Crippen LogP contribution in [-0.4, -0.2) is 26.9 Å². The third kappa shape index (κ3) is 3.28. The molecule has 5 rings (SSSR count). The van der Waals surface area contributed by atoms with Crippen molar-refractivity contribution in [2.75, 3.05) is 7.05 Å². The molecule has 3 heterocycles. The average Bonchev–Trinajstić information content (AvgIpc) is 3.27. The van der Waals surface area contributed by atoms with Crippen LogP contribution in [0.4, 0.5) is 13.2 Å². The minimum absolute atomic E-state index is 0.0136. The van der Waals surface area contributed by atoms with E-state index in [0.717, 1.165) is 41.5 Å². The zero-order chi connectivity index (χ0) is 21.8. The van der Waals surface area contributed by atoms with Gasteiger partial charge in [0.1, 0.15) is 0 Å². The van der Waals surface area contributed by atoms with Gasteiger partial charge in [-0.15, -0.1) is 0 Å². The highest BCUT2D eigenvalue weighted by Gasteiger charge is 2.42. The van der Waals surface area contributed by atoms with Crippen molar-refractivity contribution in [3.8, 4) is 5.69 Å². The first-order valence-electron chi connectivity index (χ1n) is 10.1. The molecule has 3 aromatic rings. The Morgan fingerprint density at radius 2 is 2.00 bits per heavy atom. The molecule has 1 aliphatic heterocycles. The summed E-state index contributed by atoms with van der Waals surface area (Å²) in [5.41, 5.74) is -0.0675. The second kappa shape index (κ2) is 7.18. The minimum Gasteiger partial charge on any atom is -0.267 e. The molecule has 1 radical (unpaired) electrons. The number of hydrogen-bond donors (Lipinski definition) is 0. The van der Waals surface area contributed by atoms with Gasteiger partial charge in [-0.05, 0) is 53.7 Å². The summed E-state index contributed by atoms with van der Waals surface area (Å²) in [6.07, 6.45) is 3.87. The van der Waals surface area contributed by atoms with Crippen LogP contribution in [0.5, 0.6) is 0 Å². The largest absolute Gasteiger partial charge is 0.418 e. The molecule has 2 aromatic heterocycles. The molecule has 31 heavy (non-hydrogen) atoms. The van der Waals surface area contributed by atoms with Crippen molar-refractivity contribution in [3.63, 3.8) is 0 Å². The number of benzene rings is 1. The van der Waals surface area contributed by atoms with E-state index in [2.05, 4.69) is 10.2 Å². The number of nitrogens with zero attached hydrogens (tertiary/aromatic N) is 5. The van der Waals surface area contributed by atoms with Crippen LogP contribution in [0.1, 0.15) is 36.3 Å². The van der Waals surface area contributed by atoms with Gasteiger partial charge in [0.2, 0.25) is 0 Å². The van der Waals surface area contributed by atoms with Gasteiger partial charge in [0.15, 0.2) is 0 Å². The maximum absolute atomic E-state index is 13.4. The first-order valence-corrected chi connectivity index (χ1v) is 10.1. The lowest BCUT2D eigenvalue weighted by molar-refractivity contribution is -0.480. The van der Waals surface area contributed by atoms with Crippen molar-refractivity contribution < 1.29 is 17.7 Å². The second-order valence-corrected chi connectivity index (χ2v) is 8.02. The normalized spacial score (nSPS) is 18.4. The number of alkyl halides is 3. The quantitative estimate of drug-likeness (QED) is 0.561. The Labute approximate surface area is 176 Å². The number of fused-ring (bicyclic) bond motifs is 1. The van der Waals surface area contributed by atoms with Crippen molar-refractivity contribution in [3.05, 3.63) is 76.6 Å². The van der Waals surface area contributed by atoms with E-state index in [1.165, 1.54) is 23.0 Å². The second-order valence-electron chi connectivity index (χ2n) is 8.02. The summed E-state index contributed by atoms with van der Waals surface area (Å²) in [5.74, 6) is 0.430. The van der Waals surface area contributed by atoms with Gasteiger partial charge in [0.05, 0.1) is 34.8 Å². The lowest BCUT2D eigenvalue weighted by Gasteiger charge is -2.34. The number of imidazole rings is 1. The number of likely N-dealkylation sites (N-methyl/N-ethyl adjacent to an activating group) is 1. The molecule has 1 aliphatic carbocycles. The predicted molar refractivity (Wildman–Crippen MR) is 108 cm³/mol. The molecule has 0 amide bonds. The molecule has 1 aromatic carbocycles. The fourth-order valence-corrected chi connectivity index (χ4v) is 4.38. The first-order chi connectivity index (χ1) is 14.8. The average molecular weight is 427 g/mol. The fraction of sp³-hybridized carbons (Fsp3) is 0.318. The highest BCUT2D eigenvalue weighted by atomic mass is 19.4. The zero-order valence-electron chi connectivity index (χ0n) is 16.8. The summed E-state index contributed by atoms with van der Waals surface area (Å²) in [6, 6.07) is 9.61. The fourth-order valence-electron chi connectivity index (χ4n) is 4.38. The lowest BCUT2D eigenvalue weighted by Crippen LogP contribution is -2.29. The molecule has 0 saturated heterocycles. The highest BCUT2D eigenvalue weighted by Crippen LogP contribution is 2.46. The molecule has 159 valence electrons. The third-order valence-electron chi connectivity index (χ3n) is 6.16. The SMILES string of the molecule is C[N+]1=CN=N[C]1[C@@H](c1cccc(-n2cc3c(C(F)(F)F)cccn3c2=O)c1)C1CCC1. The molecule has 1 saturated carbocycles. The van der Waals surface area contributed by atoms with Gasteiger partial charge in [-0.25, -0.2) is 9.37 Å². The van der Waals surface area contributed by atoms with Crippen LogP contribution < -0.4 is 5.69 Å². The number of rotatable bonds is 4. The maximum atomic E-state index is 13.4. The molecule has 1 fully saturated rings. The van der Waals surface area contributed by atoms with Crippen molar-refractivity contribution >= 4 is 11.9 Å². The van der Waals surface area contributed by atoms with Crippen LogP contribution in [0.25, 0.3) is 11.2 Å². The van der Waals surface area contributed by atoms with Crippen LogP contribution in [0.15, 0.2) is 63.8 Å². The Morgan fingerprint density at radius 3 is 2.65 bits per heavy atom. The molecule has 0 unspecified atom stereocenters. The van der Waals surface area contributed by atoms with E-state index in [1.54, 1.807) is 12.4 Å². The van der Waals surface area contributed by atoms with Crippen LogP contribution in [0, 0.1) is 12.1 Å². The Balaban J connectivity index is 1.61. The van der Waals surface area contributed by atoms with Gasteiger partial charge in [-0.1, -0.05) is 18.6 Å². The van der Waals surface area contributed by atoms with Crippen LogP contribution in [-0.2, 0) is 6.18 Å². The van der Waals surface area contributed by atoms with Gasteiger partial charge in [0, 0.05) is 12.4 Å². The molecule has 0 bridgehead atoms. The number of hydrogen-bond acceptors (Lipinski definition) is 3. The molecule has 2 aliphatic rings. The predicted octanol–water partition coefficient (Wildman–Crippen LogP) is 4.62. The van der Waals surface area contributed by atoms with E-state index in [4.69, 9.17) is 0 Å². The van der Waals surface area contributed by atoms with Crippen LogP contribution >= 0.6 is 0 Å². The lowest BCUT2D eigenvalue weighted by atomic mass is 9.71. The maximum Gasteiger partial charge on any atom is 0.418 e. The Morgan fingerprint density at radius 1 is 1.19 bits per heavy atom. The number of aromatic nitrogens is 2. The van der Waals surface area contributed by atoms with Gasteiger partial charge >= 0.3 is 24.4 Å². The van der Waals surface area contributed by atoms with Crippen molar-refractivity contribution in [2.45, 2.75) is 31.4 Å². The Kier molecular flexibility index (Phi) is 4.56. The molecule has 1 atom stereocenters. The topological polar surface area (TPSA) is 54.1 Å². The van der Waals surface area contributed by atoms with Gasteiger partial charge in [-0.2, -0.15) is 13.2 Å². The van der Waals surface area contributed by atoms with E-state index >= 15 is 0 Å². The smallest absolute Gasteiger partial charge is 0.267 e. The van der Waals surface area contributed by atoms with E-state index in [0.29, 0.717) is 11.6 Å². The Bertz CT molecular complexity index is 1270. The summed E-state index contributed by atoms with van der Waals surface area (Å²) in [6.45, 7) is 0. The van der Waals surface area contributed by atoms with E-state index < -0.39 is 17.4 Å². The number of azo groups is 1. The van der Waals surface area contributed by atoms with E-state index in [9.17, 15) is 18.0 Å². The summed E-state index contributed by atoms with van der Waals surface area (Å²) < 4.78 is 44.5. The third-order valence-corrected chi connectivity index (χ3v) is 6.16. The number of pyridine rings is 1. The summed E-state index contributed by atoms with van der Waals surface area (Å²) >= 11 is 0. The van der Waals surface area contributed by atoms with Gasteiger partial charge in [-0.3, -0.25) is 8.97 Å². The van der Waals surface area contributed by atoms with Crippen LogP contribution in [0.3, 0.4) is 0 Å². The van der Waals surface area contributed by atoms with E-state index in [-0.39, 0.29) is 11.4 Å². The van der Waals surface area contributed by atoms with Crippen LogP contribution in [0.2, 0.25) is 0 Å². The standard InChI is InChI=1S/C22H20F3N5O/c1-28-13-26-27-20(28)19(14-5-2-6-14)15-7-3-8-16(11-15)30-12-18-17(22(23,24)25)9-4-10-29(18)21(30)31/h3-4,7-14,19H,2,5-6H2,1H3/q+1/t19-/m1/s1. The summed E-state index contributed by atoms with van der Waals surface area (Å²) in [4.78, 5) is 12.9. The molecular formula is C22H20F3N5O+. The number of halogens is 3. The molecular weight excluding hydrogens is 407 g/mol. The first kappa shape index (κ1) is 19.7. The van der Waals surface area contributed by atoms with Gasteiger partial charge in [0.25, 0.3) is 0 Å². The Hall–Kier alpha value is -3.23. The monoisotopic (exact) mass is 427 g/mol. The zero-order valence-corrected chi connectivity index (χ0v) is 16.8. The molecule has 0 spiro atoms. The van der Waals surface area contributed by atoms with Crippen molar-refractivity contribution in [2.24, 2.45) is 16.1 Å². The summed E-state index contributed by atoms with van der Waals surface area (Å²) in [7, 11) is 1.90. The van der Waals surface area contributed by atoms with E-state index in [1.807, 2.05) is 29.8 Å². The van der Waals surface area contributed by atoms with Crippen molar-refractivity contribution in [1.29, 1.82) is 0 Å². The van der Waals surface area contributed by atoms with Crippen molar-refractivity contribution in [1.82, 2.24) is 8.97 Å². The highest BCUT2D eigenvalue weighted by molar-refractivity contribution is 5.57. The molecule has 0 N–H and O–H groups in total. The minimum atomic E-state index is -4.55. The van der Waals surface area contributed by atoms with Gasteiger partial charge < -0.3 is 0 Å².